The number of hydrogen-bond acceptors (Lipinski definition) is 4. The van der Waals surface area contributed by atoms with Crippen molar-refractivity contribution in [2.45, 2.75) is 26.3 Å². The van der Waals surface area contributed by atoms with E-state index in [2.05, 4.69) is 10.1 Å². The zero-order chi connectivity index (χ0) is 14.0. The Hall–Kier alpha value is -1.88. The van der Waals surface area contributed by atoms with Crippen LogP contribution in [-0.2, 0) is 5.54 Å². The predicted molar refractivity (Wildman–Crippen MR) is 72.8 cm³/mol. The minimum atomic E-state index is -0.437. The lowest BCUT2D eigenvalue weighted by atomic mass is 10.1. The third-order valence-electron chi connectivity index (χ3n) is 2.38. The highest BCUT2D eigenvalue weighted by atomic mass is 35.5. The molecule has 0 aliphatic rings. The van der Waals surface area contributed by atoms with Gasteiger partial charge in [0.15, 0.2) is 10.8 Å². The van der Waals surface area contributed by atoms with Gasteiger partial charge in [-0.1, -0.05) is 11.6 Å². The van der Waals surface area contributed by atoms with Gasteiger partial charge in [-0.15, -0.1) is 0 Å². The minimum Gasteiger partial charge on any atom is -0.452 e. The van der Waals surface area contributed by atoms with Crippen molar-refractivity contribution in [3.05, 3.63) is 46.1 Å². The Labute approximate surface area is 115 Å². The van der Waals surface area contributed by atoms with Gasteiger partial charge in [-0.25, -0.2) is 4.68 Å². The van der Waals surface area contributed by atoms with Crippen LogP contribution in [0.4, 0.5) is 0 Å². The Morgan fingerprint density at radius 2 is 2.05 bits per heavy atom. The molecule has 2 aromatic rings. The van der Waals surface area contributed by atoms with Gasteiger partial charge in [0, 0.05) is 6.20 Å². The molecule has 6 heteroatoms. The molecule has 2 aromatic heterocycles. The van der Waals surface area contributed by atoms with Crippen LogP contribution in [0.5, 0.6) is 11.5 Å². The number of pyridine rings is 1. The molecule has 0 fully saturated rings. The molecule has 0 aliphatic carbocycles. The molecule has 0 N–H and O–H groups in total. The summed E-state index contributed by atoms with van der Waals surface area (Å²) in [7, 11) is 0. The van der Waals surface area contributed by atoms with Gasteiger partial charge in [0.1, 0.15) is 5.75 Å². The summed E-state index contributed by atoms with van der Waals surface area (Å²) in [5.74, 6) is 0.722. The van der Waals surface area contributed by atoms with Gasteiger partial charge in [0.25, 0.3) is 5.56 Å². The van der Waals surface area contributed by atoms with E-state index >= 15 is 0 Å². The number of halogens is 1. The number of aromatic nitrogens is 3. The zero-order valence-electron chi connectivity index (χ0n) is 10.9. The van der Waals surface area contributed by atoms with Gasteiger partial charge < -0.3 is 4.74 Å². The van der Waals surface area contributed by atoms with Crippen molar-refractivity contribution in [2.75, 3.05) is 0 Å². The Kier molecular flexibility index (Phi) is 3.57. The van der Waals surface area contributed by atoms with Crippen LogP contribution < -0.4 is 10.3 Å². The summed E-state index contributed by atoms with van der Waals surface area (Å²) < 4.78 is 6.81. The molecule has 0 spiro atoms. The summed E-state index contributed by atoms with van der Waals surface area (Å²) in [4.78, 5) is 16.0. The molecule has 100 valence electrons. The largest absolute Gasteiger partial charge is 0.452 e. The SMILES string of the molecule is CC(C)(C)n1ncc(Oc2cccnc2)c(Cl)c1=O. The average molecular weight is 280 g/mol. The van der Waals surface area contributed by atoms with Crippen molar-refractivity contribution >= 4 is 11.6 Å². The van der Waals surface area contributed by atoms with Crippen LogP contribution in [0, 0.1) is 0 Å². The van der Waals surface area contributed by atoms with E-state index in [0.717, 1.165) is 0 Å². The van der Waals surface area contributed by atoms with Crippen LogP contribution in [0.1, 0.15) is 20.8 Å². The first-order chi connectivity index (χ1) is 8.89. The number of ether oxygens (including phenoxy) is 1. The summed E-state index contributed by atoms with van der Waals surface area (Å²) in [6.07, 6.45) is 4.60. The molecule has 0 aliphatic heterocycles. The molecule has 0 radical (unpaired) electrons. The average Bonchev–Trinajstić information content (AvgIpc) is 2.35. The van der Waals surface area contributed by atoms with E-state index in [1.165, 1.54) is 17.1 Å². The van der Waals surface area contributed by atoms with Gasteiger partial charge in [-0.05, 0) is 32.9 Å². The van der Waals surface area contributed by atoms with E-state index in [-0.39, 0.29) is 16.3 Å². The first-order valence-electron chi connectivity index (χ1n) is 5.76. The highest BCUT2D eigenvalue weighted by Gasteiger charge is 2.20. The molecule has 0 saturated carbocycles. The van der Waals surface area contributed by atoms with Crippen LogP contribution in [0.2, 0.25) is 5.02 Å². The van der Waals surface area contributed by atoms with E-state index in [1.54, 1.807) is 18.3 Å². The Balaban J connectivity index is 2.40. The van der Waals surface area contributed by atoms with Crippen molar-refractivity contribution in [1.82, 2.24) is 14.8 Å². The molecule has 5 nitrogen and oxygen atoms in total. The smallest absolute Gasteiger partial charge is 0.289 e. The lowest BCUT2D eigenvalue weighted by Gasteiger charge is -2.21. The molecule has 2 rings (SSSR count). The summed E-state index contributed by atoms with van der Waals surface area (Å²) in [6, 6.07) is 3.45. The molecule has 19 heavy (non-hydrogen) atoms. The normalized spacial score (nSPS) is 11.4. The summed E-state index contributed by atoms with van der Waals surface area (Å²) in [5.41, 5.74) is -0.816. The molecule has 0 saturated heterocycles. The Morgan fingerprint density at radius 3 is 2.63 bits per heavy atom. The maximum absolute atomic E-state index is 12.1. The fourth-order valence-electron chi connectivity index (χ4n) is 1.50. The van der Waals surface area contributed by atoms with Crippen LogP contribution in [0.25, 0.3) is 0 Å². The minimum absolute atomic E-state index is 0.00813. The Morgan fingerprint density at radius 1 is 1.32 bits per heavy atom. The highest BCUT2D eigenvalue weighted by Crippen LogP contribution is 2.25. The molecule has 0 aromatic carbocycles. The molecule has 2 heterocycles. The maximum atomic E-state index is 12.1. The topological polar surface area (TPSA) is 57.0 Å². The summed E-state index contributed by atoms with van der Waals surface area (Å²) >= 11 is 6.04. The van der Waals surface area contributed by atoms with E-state index in [4.69, 9.17) is 16.3 Å². The number of hydrogen-bond donors (Lipinski definition) is 0. The fourth-order valence-corrected chi connectivity index (χ4v) is 1.67. The lowest BCUT2D eigenvalue weighted by molar-refractivity contribution is 0.333. The monoisotopic (exact) mass is 279 g/mol. The van der Waals surface area contributed by atoms with Gasteiger partial charge in [-0.2, -0.15) is 5.10 Å². The summed E-state index contributed by atoms with van der Waals surface area (Å²) in [6.45, 7) is 5.62. The van der Waals surface area contributed by atoms with E-state index in [9.17, 15) is 4.79 Å². The molecule has 0 atom stereocenters. The van der Waals surface area contributed by atoms with Gasteiger partial charge in [0.2, 0.25) is 0 Å². The first-order valence-corrected chi connectivity index (χ1v) is 6.13. The Bertz CT molecular complexity index is 633. The predicted octanol–water partition coefficient (Wildman–Crippen LogP) is 2.84. The molecule has 0 bridgehead atoms. The zero-order valence-corrected chi connectivity index (χ0v) is 11.7. The molecule has 0 amide bonds. The van der Waals surface area contributed by atoms with Crippen LogP contribution in [-0.4, -0.2) is 14.8 Å². The van der Waals surface area contributed by atoms with Crippen molar-refractivity contribution in [1.29, 1.82) is 0 Å². The van der Waals surface area contributed by atoms with Crippen LogP contribution >= 0.6 is 11.6 Å². The van der Waals surface area contributed by atoms with Gasteiger partial charge in [0.05, 0.1) is 17.9 Å². The lowest BCUT2D eigenvalue weighted by Crippen LogP contribution is -2.36. The first kappa shape index (κ1) is 13.5. The fraction of sp³-hybridized carbons (Fsp3) is 0.308. The molecule has 0 unspecified atom stereocenters. The van der Waals surface area contributed by atoms with Crippen LogP contribution in [0.15, 0.2) is 35.5 Å². The molecular formula is C13H14ClN3O2. The highest BCUT2D eigenvalue weighted by molar-refractivity contribution is 6.31. The van der Waals surface area contributed by atoms with Crippen LogP contribution in [0.3, 0.4) is 0 Å². The van der Waals surface area contributed by atoms with E-state index < -0.39 is 5.54 Å². The van der Waals surface area contributed by atoms with E-state index in [0.29, 0.717) is 5.75 Å². The van der Waals surface area contributed by atoms with Gasteiger partial charge >= 0.3 is 0 Å². The number of rotatable bonds is 2. The molecular weight excluding hydrogens is 266 g/mol. The van der Waals surface area contributed by atoms with E-state index in [1.807, 2.05) is 20.8 Å². The second-order valence-electron chi connectivity index (χ2n) is 5.00. The van der Waals surface area contributed by atoms with Crippen molar-refractivity contribution in [3.63, 3.8) is 0 Å². The quantitative estimate of drug-likeness (QED) is 0.848. The maximum Gasteiger partial charge on any atom is 0.289 e. The van der Waals surface area contributed by atoms with Gasteiger partial charge in [-0.3, -0.25) is 9.78 Å². The third kappa shape index (κ3) is 2.93. The standard InChI is InChI=1S/C13H14ClN3O2/c1-13(2,3)17-12(18)11(14)10(8-16-17)19-9-5-4-6-15-7-9/h4-8H,1-3H3. The second-order valence-corrected chi connectivity index (χ2v) is 5.38. The van der Waals surface area contributed by atoms with Crippen molar-refractivity contribution in [3.8, 4) is 11.5 Å². The number of nitrogens with zero attached hydrogens (tertiary/aromatic N) is 3. The second kappa shape index (κ2) is 5.01. The summed E-state index contributed by atoms with van der Waals surface area (Å²) in [5, 5.41) is 4.09. The van der Waals surface area contributed by atoms with Crippen molar-refractivity contribution in [2.24, 2.45) is 0 Å². The van der Waals surface area contributed by atoms with Crippen molar-refractivity contribution < 1.29 is 4.74 Å². The third-order valence-corrected chi connectivity index (χ3v) is 2.73.